The minimum Gasteiger partial charge on any atom is -0.389 e. The average Bonchev–Trinajstić information content (AvgIpc) is 2.84. The molecule has 1 heterocycles. The van der Waals surface area contributed by atoms with Gasteiger partial charge in [-0.1, -0.05) is 50.1 Å². The minimum absolute atomic E-state index is 0.0937. The van der Waals surface area contributed by atoms with Gasteiger partial charge in [0, 0.05) is 6.92 Å². The molecule has 0 aliphatic heterocycles. The molecule has 0 saturated heterocycles. The van der Waals surface area contributed by atoms with E-state index in [0.717, 1.165) is 57.8 Å². The normalized spacial score (nSPS) is 23.4. The average molecular weight is 335 g/mol. The molecule has 2 saturated carbocycles. The van der Waals surface area contributed by atoms with E-state index < -0.39 is 11.1 Å². The standard InChI is InChI=1S/C18H29N3O3/c1-14-19-16(21-24-14)18(11-7-2-3-8-12-18)20-15(22)13-17(23)9-5-4-6-10-17/h23H,2-13H2,1H3,(H,20,22). The predicted molar refractivity (Wildman–Crippen MR) is 89.2 cm³/mol. The quantitative estimate of drug-likeness (QED) is 0.825. The van der Waals surface area contributed by atoms with Gasteiger partial charge >= 0.3 is 0 Å². The smallest absolute Gasteiger partial charge is 0.223 e. The number of aromatic nitrogens is 2. The fraction of sp³-hybridized carbons (Fsp3) is 0.833. The summed E-state index contributed by atoms with van der Waals surface area (Å²) in [6.07, 6.45) is 10.8. The summed E-state index contributed by atoms with van der Waals surface area (Å²) in [6, 6.07) is 0. The highest BCUT2D eigenvalue weighted by molar-refractivity contribution is 5.78. The van der Waals surface area contributed by atoms with Crippen LogP contribution in [0.15, 0.2) is 4.52 Å². The molecule has 0 spiro atoms. The zero-order chi connectivity index (χ0) is 17.0. The van der Waals surface area contributed by atoms with Crippen LogP contribution in [0.5, 0.6) is 0 Å². The summed E-state index contributed by atoms with van der Waals surface area (Å²) in [7, 11) is 0. The number of amides is 1. The predicted octanol–water partition coefficient (Wildman–Crippen LogP) is 3.13. The third kappa shape index (κ3) is 3.97. The Balaban J connectivity index is 1.74. The van der Waals surface area contributed by atoms with Crippen LogP contribution in [0.1, 0.15) is 88.8 Å². The molecular formula is C18H29N3O3. The lowest BCUT2D eigenvalue weighted by atomic mass is 9.81. The van der Waals surface area contributed by atoms with E-state index in [4.69, 9.17) is 4.52 Å². The molecule has 1 aromatic rings. The number of hydrogen-bond acceptors (Lipinski definition) is 5. The van der Waals surface area contributed by atoms with E-state index in [1.54, 1.807) is 6.92 Å². The Bertz CT molecular complexity index is 556. The molecule has 0 aromatic carbocycles. The van der Waals surface area contributed by atoms with Crippen molar-refractivity contribution in [1.82, 2.24) is 15.5 Å². The summed E-state index contributed by atoms with van der Waals surface area (Å²) in [6.45, 7) is 1.77. The highest BCUT2D eigenvalue weighted by Crippen LogP contribution is 2.36. The number of rotatable bonds is 4. The van der Waals surface area contributed by atoms with Gasteiger partial charge in [-0.3, -0.25) is 4.79 Å². The number of nitrogens with zero attached hydrogens (tertiary/aromatic N) is 2. The largest absolute Gasteiger partial charge is 0.389 e. The monoisotopic (exact) mass is 335 g/mol. The molecule has 1 amide bonds. The third-order valence-corrected chi connectivity index (χ3v) is 5.57. The molecule has 0 atom stereocenters. The van der Waals surface area contributed by atoms with Crippen LogP contribution in [0.4, 0.5) is 0 Å². The first kappa shape index (κ1) is 17.4. The zero-order valence-corrected chi connectivity index (χ0v) is 14.6. The van der Waals surface area contributed by atoms with E-state index in [9.17, 15) is 9.90 Å². The molecule has 6 heteroatoms. The summed E-state index contributed by atoms with van der Waals surface area (Å²) in [5, 5.41) is 18.0. The Hall–Kier alpha value is -1.43. The molecule has 2 aliphatic rings. The van der Waals surface area contributed by atoms with Gasteiger partial charge in [0.15, 0.2) is 5.82 Å². The molecule has 1 aromatic heterocycles. The van der Waals surface area contributed by atoms with E-state index in [1.807, 2.05) is 0 Å². The van der Waals surface area contributed by atoms with Crippen molar-refractivity contribution in [1.29, 1.82) is 0 Å². The van der Waals surface area contributed by atoms with Crippen LogP contribution >= 0.6 is 0 Å². The van der Waals surface area contributed by atoms with Crippen molar-refractivity contribution < 1.29 is 14.4 Å². The van der Waals surface area contributed by atoms with Crippen molar-refractivity contribution in [2.75, 3.05) is 0 Å². The molecular weight excluding hydrogens is 306 g/mol. The van der Waals surface area contributed by atoms with Crippen LogP contribution in [0.25, 0.3) is 0 Å². The van der Waals surface area contributed by atoms with Gasteiger partial charge in [0.05, 0.1) is 12.0 Å². The van der Waals surface area contributed by atoms with Crippen molar-refractivity contribution in [3.05, 3.63) is 11.7 Å². The molecule has 6 nitrogen and oxygen atoms in total. The van der Waals surface area contributed by atoms with Gasteiger partial charge in [0.1, 0.15) is 5.54 Å². The Morgan fingerprint density at radius 3 is 2.25 bits per heavy atom. The second-order valence-electron chi connectivity index (χ2n) is 7.64. The zero-order valence-electron chi connectivity index (χ0n) is 14.6. The first-order chi connectivity index (χ1) is 11.5. The topological polar surface area (TPSA) is 88.2 Å². The molecule has 0 radical (unpaired) electrons. The van der Waals surface area contributed by atoms with Crippen molar-refractivity contribution in [2.24, 2.45) is 0 Å². The van der Waals surface area contributed by atoms with Crippen molar-refractivity contribution in [3.63, 3.8) is 0 Å². The molecule has 0 unspecified atom stereocenters. The van der Waals surface area contributed by atoms with Crippen LogP contribution in [-0.2, 0) is 10.3 Å². The van der Waals surface area contributed by atoms with Gasteiger partial charge in [-0.05, 0) is 25.7 Å². The van der Waals surface area contributed by atoms with E-state index >= 15 is 0 Å². The van der Waals surface area contributed by atoms with Gasteiger partial charge in [0.25, 0.3) is 0 Å². The highest BCUT2D eigenvalue weighted by Gasteiger charge is 2.40. The molecule has 3 rings (SSSR count). The molecule has 2 aliphatic carbocycles. The van der Waals surface area contributed by atoms with Gasteiger partial charge in [0.2, 0.25) is 11.8 Å². The molecule has 2 fully saturated rings. The Labute approximate surface area is 143 Å². The number of hydrogen-bond donors (Lipinski definition) is 2. The third-order valence-electron chi connectivity index (χ3n) is 5.57. The fourth-order valence-electron chi connectivity index (χ4n) is 4.23. The Morgan fingerprint density at radius 2 is 1.67 bits per heavy atom. The second kappa shape index (κ2) is 7.21. The highest BCUT2D eigenvalue weighted by atomic mass is 16.5. The lowest BCUT2D eigenvalue weighted by Gasteiger charge is -2.35. The minimum atomic E-state index is -0.846. The number of aliphatic hydroxyl groups is 1. The van der Waals surface area contributed by atoms with E-state index in [0.29, 0.717) is 11.7 Å². The van der Waals surface area contributed by atoms with E-state index in [1.165, 1.54) is 12.8 Å². The summed E-state index contributed by atoms with van der Waals surface area (Å²) in [5.74, 6) is 1.02. The van der Waals surface area contributed by atoms with Crippen molar-refractivity contribution in [2.45, 2.75) is 95.1 Å². The number of carbonyl (C=O) groups excluding carboxylic acids is 1. The molecule has 2 N–H and O–H groups in total. The molecule has 0 bridgehead atoms. The maximum Gasteiger partial charge on any atom is 0.223 e. The van der Waals surface area contributed by atoms with Crippen LogP contribution in [0.3, 0.4) is 0 Å². The number of carbonyl (C=O) groups is 1. The fourth-order valence-corrected chi connectivity index (χ4v) is 4.23. The first-order valence-electron chi connectivity index (χ1n) is 9.36. The number of nitrogens with one attached hydrogen (secondary N) is 1. The maximum absolute atomic E-state index is 12.7. The SMILES string of the molecule is Cc1nc(C2(NC(=O)CC3(O)CCCCC3)CCCCCC2)no1. The van der Waals surface area contributed by atoms with Crippen LogP contribution < -0.4 is 5.32 Å². The van der Waals surface area contributed by atoms with Gasteiger partial charge < -0.3 is 14.9 Å². The lowest BCUT2D eigenvalue weighted by Crippen LogP contribution is -2.49. The summed E-state index contributed by atoms with van der Waals surface area (Å²) < 4.78 is 5.17. The van der Waals surface area contributed by atoms with Crippen LogP contribution in [0, 0.1) is 6.92 Å². The summed E-state index contributed by atoms with van der Waals surface area (Å²) >= 11 is 0. The van der Waals surface area contributed by atoms with Crippen molar-refractivity contribution in [3.8, 4) is 0 Å². The molecule has 24 heavy (non-hydrogen) atoms. The maximum atomic E-state index is 12.7. The Morgan fingerprint density at radius 1 is 1.08 bits per heavy atom. The van der Waals surface area contributed by atoms with E-state index in [-0.39, 0.29) is 12.3 Å². The molecule has 134 valence electrons. The van der Waals surface area contributed by atoms with Gasteiger partial charge in [-0.2, -0.15) is 4.98 Å². The lowest BCUT2D eigenvalue weighted by molar-refractivity contribution is -0.130. The second-order valence-corrected chi connectivity index (χ2v) is 7.64. The van der Waals surface area contributed by atoms with E-state index in [2.05, 4.69) is 15.5 Å². The van der Waals surface area contributed by atoms with Crippen molar-refractivity contribution >= 4 is 5.91 Å². The summed E-state index contributed by atoms with van der Waals surface area (Å²) in [4.78, 5) is 17.1. The van der Waals surface area contributed by atoms with Crippen LogP contribution in [0.2, 0.25) is 0 Å². The van der Waals surface area contributed by atoms with Gasteiger partial charge in [-0.25, -0.2) is 0 Å². The van der Waals surface area contributed by atoms with Gasteiger partial charge in [-0.15, -0.1) is 0 Å². The first-order valence-corrected chi connectivity index (χ1v) is 9.36. The Kier molecular flexibility index (Phi) is 5.23. The van der Waals surface area contributed by atoms with Crippen LogP contribution in [-0.4, -0.2) is 26.8 Å². The number of aryl methyl sites for hydroxylation is 1. The summed E-state index contributed by atoms with van der Waals surface area (Å²) in [5.41, 5.74) is -1.39.